The van der Waals surface area contributed by atoms with Crippen LogP contribution in [0.2, 0.25) is 0 Å². The van der Waals surface area contributed by atoms with Gasteiger partial charge in [-0.2, -0.15) is 0 Å². The number of pyridine rings is 1. The van der Waals surface area contributed by atoms with E-state index in [-0.39, 0.29) is 10.8 Å². The van der Waals surface area contributed by atoms with Crippen molar-refractivity contribution in [1.29, 1.82) is 0 Å². The molecule has 0 unspecified atom stereocenters. The van der Waals surface area contributed by atoms with Crippen molar-refractivity contribution in [2.24, 2.45) is 0 Å². The number of hydrogen-bond donors (Lipinski definition) is 0. The van der Waals surface area contributed by atoms with Crippen LogP contribution in [0.1, 0.15) is 52.7 Å². The van der Waals surface area contributed by atoms with Gasteiger partial charge in [0.25, 0.3) is 0 Å². The van der Waals surface area contributed by atoms with Crippen LogP contribution in [0.4, 0.5) is 0 Å². The average Bonchev–Trinajstić information content (AvgIpc) is 2.24. The van der Waals surface area contributed by atoms with Gasteiger partial charge in [-0.15, -0.1) is 0 Å². The van der Waals surface area contributed by atoms with Crippen LogP contribution in [0.5, 0.6) is 0 Å². The van der Waals surface area contributed by atoms with Crippen molar-refractivity contribution in [3.63, 3.8) is 0 Å². The maximum absolute atomic E-state index is 4.48. The summed E-state index contributed by atoms with van der Waals surface area (Å²) >= 11 is 0. The van der Waals surface area contributed by atoms with Crippen molar-refractivity contribution in [3.05, 3.63) is 41.6 Å². The second-order valence-electron chi connectivity index (χ2n) is 7.06. The summed E-state index contributed by atoms with van der Waals surface area (Å²) in [6.45, 7) is 13.7. The van der Waals surface area contributed by atoms with E-state index in [1.165, 1.54) is 16.5 Å². The Morgan fingerprint density at radius 3 is 2.06 bits per heavy atom. The summed E-state index contributed by atoms with van der Waals surface area (Å²) in [5.74, 6) is 0. The molecule has 2 aromatic rings. The van der Waals surface area contributed by atoms with Gasteiger partial charge >= 0.3 is 0 Å². The standard InChI is InChI=1S/C17H23N/c1-16(2,3)13-9-10-14-12(8-7-11-18-14)15(13)17(4,5)6/h7-11H,1-6H3. The van der Waals surface area contributed by atoms with Crippen molar-refractivity contribution < 1.29 is 0 Å². The third kappa shape index (κ3) is 2.27. The van der Waals surface area contributed by atoms with Gasteiger partial charge in [-0.1, -0.05) is 53.7 Å². The molecular formula is C17H23N. The van der Waals surface area contributed by atoms with Crippen LogP contribution < -0.4 is 0 Å². The Kier molecular flexibility index (Phi) is 2.96. The molecule has 0 N–H and O–H groups in total. The van der Waals surface area contributed by atoms with E-state index in [9.17, 15) is 0 Å². The van der Waals surface area contributed by atoms with Crippen LogP contribution in [0.15, 0.2) is 30.5 Å². The summed E-state index contributed by atoms with van der Waals surface area (Å²) in [6.07, 6.45) is 1.87. The first-order valence-corrected chi connectivity index (χ1v) is 6.60. The molecule has 1 heteroatoms. The van der Waals surface area contributed by atoms with Crippen molar-refractivity contribution in [1.82, 2.24) is 4.98 Å². The van der Waals surface area contributed by atoms with E-state index in [4.69, 9.17) is 0 Å². The average molecular weight is 241 g/mol. The van der Waals surface area contributed by atoms with Crippen molar-refractivity contribution in [2.45, 2.75) is 52.4 Å². The smallest absolute Gasteiger partial charge is 0.0705 e. The monoisotopic (exact) mass is 241 g/mol. The van der Waals surface area contributed by atoms with Gasteiger partial charge in [-0.3, -0.25) is 4.98 Å². The predicted molar refractivity (Wildman–Crippen MR) is 79.1 cm³/mol. The largest absolute Gasteiger partial charge is 0.256 e. The first-order valence-electron chi connectivity index (χ1n) is 6.60. The number of rotatable bonds is 0. The second kappa shape index (κ2) is 4.08. The van der Waals surface area contributed by atoms with Crippen LogP contribution in [0.25, 0.3) is 10.9 Å². The topological polar surface area (TPSA) is 12.9 Å². The number of nitrogens with zero attached hydrogens (tertiary/aromatic N) is 1. The first-order chi connectivity index (χ1) is 8.21. The highest BCUT2D eigenvalue weighted by atomic mass is 14.6. The number of benzene rings is 1. The van der Waals surface area contributed by atoms with Gasteiger partial charge in [0.1, 0.15) is 0 Å². The number of hydrogen-bond acceptors (Lipinski definition) is 1. The van der Waals surface area contributed by atoms with Crippen molar-refractivity contribution in [3.8, 4) is 0 Å². The van der Waals surface area contributed by atoms with Crippen LogP contribution >= 0.6 is 0 Å². The van der Waals surface area contributed by atoms with Crippen molar-refractivity contribution >= 4 is 10.9 Å². The summed E-state index contributed by atoms with van der Waals surface area (Å²) in [6, 6.07) is 8.61. The zero-order valence-electron chi connectivity index (χ0n) is 12.3. The highest BCUT2D eigenvalue weighted by molar-refractivity contribution is 5.84. The third-order valence-electron chi connectivity index (χ3n) is 3.34. The Hall–Kier alpha value is -1.37. The fourth-order valence-electron chi connectivity index (χ4n) is 2.59. The van der Waals surface area contributed by atoms with Gasteiger partial charge in [-0.05, 0) is 34.1 Å². The summed E-state index contributed by atoms with van der Waals surface area (Å²) < 4.78 is 0. The zero-order valence-corrected chi connectivity index (χ0v) is 12.3. The predicted octanol–water partition coefficient (Wildman–Crippen LogP) is 4.83. The molecule has 0 aliphatic heterocycles. The maximum Gasteiger partial charge on any atom is 0.0705 e. The van der Waals surface area contributed by atoms with E-state index < -0.39 is 0 Å². The molecule has 96 valence electrons. The van der Waals surface area contributed by atoms with Crippen LogP contribution in [0.3, 0.4) is 0 Å². The summed E-state index contributed by atoms with van der Waals surface area (Å²) in [5.41, 5.74) is 4.24. The zero-order chi connectivity index (χ0) is 13.6. The van der Waals surface area contributed by atoms with Gasteiger partial charge in [-0.25, -0.2) is 0 Å². The molecular weight excluding hydrogens is 218 g/mol. The summed E-state index contributed by atoms with van der Waals surface area (Å²) in [5, 5.41) is 1.29. The molecule has 2 rings (SSSR count). The molecule has 0 fully saturated rings. The van der Waals surface area contributed by atoms with E-state index >= 15 is 0 Å². The minimum absolute atomic E-state index is 0.130. The lowest BCUT2D eigenvalue weighted by molar-refractivity contribution is 0.534. The van der Waals surface area contributed by atoms with Crippen LogP contribution in [-0.4, -0.2) is 4.98 Å². The van der Waals surface area contributed by atoms with Gasteiger partial charge in [0, 0.05) is 11.6 Å². The Morgan fingerprint density at radius 1 is 0.833 bits per heavy atom. The maximum atomic E-state index is 4.48. The summed E-state index contributed by atoms with van der Waals surface area (Å²) in [4.78, 5) is 4.48. The van der Waals surface area contributed by atoms with E-state index in [0.717, 1.165) is 5.52 Å². The molecule has 1 aromatic heterocycles. The minimum atomic E-state index is 0.130. The highest BCUT2D eigenvalue weighted by Crippen LogP contribution is 2.38. The Morgan fingerprint density at radius 2 is 1.50 bits per heavy atom. The fourth-order valence-corrected chi connectivity index (χ4v) is 2.59. The van der Waals surface area contributed by atoms with Gasteiger partial charge in [0.05, 0.1) is 5.52 Å². The summed E-state index contributed by atoms with van der Waals surface area (Å²) in [7, 11) is 0. The third-order valence-corrected chi connectivity index (χ3v) is 3.34. The van der Waals surface area contributed by atoms with Crippen LogP contribution in [-0.2, 0) is 10.8 Å². The quantitative estimate of drug-likeness (QED) is 0.643. The second-order valence-corrected chi connectivity index (χ2v) is 7.06. The van der Waals surface area contributed by atoms with Gasteiger partial charge < -0.3 is 0 Å². The fraction of sp³-hybridized carbons (Fsp3) is 0.471. The SMILES string of the molecule is CC(C)(C)c1ccc2ncccc2c1C(C)(C)C. The van der Waals surface area contributed by atoms with E-state index in [1.54, 1.807) is 0 Å². The first kappa shape index (κ1) is 13.1. The lowest BCUT2D eigenvalue weighted by Gasteiger charge is -2.31. The molecule has 1 heterocycles. The molecule has 0 spiro atoms. The molecule has 0 saturated heterocycles. The minimum Gasteiger partial charge on any atom is -0.256 e. The lowest BCUT2D eigenvalue weighted by atomic mass is 9.74. The van der Waals surface area contributed by atoms with E-state index in [2.05, 4.69) is 64.7 Å². The molecule has 0 aliphatic carbocycles. The molecule has 0 saturated carbocycles. The molecule has 0 radical (unpaired) electrons. The van der Waals surface area contributed by atoms with Gasteiger partial charge in [0.2, 0.25) is 0 Å². The van der Waals surface area contributed by atoms with E-state index in [1.807, 2.05) is 12.3 Å². The molecule has 0 bridgehead atoms. The Labute approximate surface area is 110 Å². The van der Waals surface area contributed by atoms with E-state index in [0.29, 0.717) is 0 Å². The highest BCUT2D eigenvalue weighted by Gasteiger charge is 2.26. The normalized spacial score (nSPS) is 13.0. The molecule has 0 amide bonds. The molecule has 18 heavy (non-hydrogen) atoms. The van der Waals surface area contributed by atoms with Gasteiger partial charge in [0.15, 0.2) is 0 Å². The molecule has 0 aliphatic rings. The van der Waals surface area contributed by atoms with Crippen molar-refractivity contribution in [2.75, 3.05) is 0 Å². The Balaban J connectivity index is 2.89. The number of aromatic nitrogens is 1. The lowest BCUT2D eigenvalue weighted by Crippen LogP contribution is -2.22. The molecule has 1 aromatic carbocycles. The number of fused-ring (bicyclic) bond motifs is 1. The molecule has 1 nitrogen and oxygen atoms in total. The van der Waals surface area contributed by atoms with Crippen LogP contribution in [0, 0.1) is 0 Å². The molecule has 0 atom stereocenters. The Bertz CT molecular complexity index is 568.